The molecule has 2 rings (SSSR count). The number of hydrogen-bond donors (Lipinski definition) is 1. The fourth-order valence-electron chi connectivity index (χ4n) is 1.25. The van der Waals surface area contributed by atoms with Crippen molar-refractivity contribution >= 4 is 21.6 Å². The quantitative estimate of drug-likeness (QED) is 0.687. The van der Waals surface area contributed by atoms with E-state index < -0.39 is 0 Å². The molecule has 11 heavy (non-hydrogen) atoms. The first-order chi connectivity index (χ1) is 5.33. The minimum absolute atomic E-state index is 0.123. The van der Waals surface area contributed by atoms with Gasteiger partial charge in [-0.2, -0.15) is 0 Å². The lowest BCUT2D eigenvalue weighted by Crippen LogP contribution is -1.93. The molecule has 58 valence electrons. The van der Waals surface area contributed by atoms with E-state index in [0.717, 1.165) is 5.69 Å². The van der Waals surface area contributed by atoms with Crippen LogP contribution in [-0.2, 0) is 13.7 Å². The van der Waals surface area contributed by atoms with Gasteiger partial charge in [0.2, 0.25) is 0 Å². The van der Waals surface area contributed by atoms with Gasteiger partial charge in [-0.3, -0.25) is 0 Å². The molecule has 0 aromatic carbocycles. The lowest BCUT2D eigenvalue weighted by Gasteiger charge is -1.97. The van der Waals surface area contributed by atoms with Gasteiger partial charge in [0, 0.05) is 12.7 Å². The molecule has 0 spiro atoms. The lowest BCUT2D eigenvalue weighted by molar-refractivity contribution is 0.273. The van der Waals surface area contributed by atoms with Gasteiger partial charge in [0.1, 0.15) is 0 Å². The number of thiophene rings is 1. The number of aryl methyl sites for hydroxylation is 1. The molecule has 2 nitrogen and oxygen atoms in total. The van der Waals surface area contributed by atoms with Gasteiger partial charge < -0.3 is 9.67 Å². The maximum absolute atomic E-state index is 8.92. The van der Waals surface area contributed by atoms with E-state index in [-0.39, 0.29) is 6.61 Å². The summed E-state index contributed by atoms with van der Waals surface area (Å²) in [7, 11) is 1.97. The normalized spacial score (nSPS) is 11.1. The fraction of sp³-hybridized carbons (Fsp3) is 0.250. The van der Waals surface area contributed by atoms with E-state index in [0.29, 0.717) is 0 Å². The van der Waals surface area contributed by atoms with Gasteiger partial charge in [0.25, 0.3) is 0 Å². The van der Waals surface area contributed by atoms with Gasteiger partial charge >= 0.3 is 0 Å². The number of aliphatic hydroxyl groups is 1. The van der Waals surface area contributed by atoms with Crippen molar-refractivity contribution in [3.05, 3.63) is 23.2 Å². The maximum Gasteiger partial charge on any atom is 0.0833 e. The van der Waals surface area contributed by atoms with Crippen LogP contribution in [-0.4, -0.2) is 9.67 Å². The molecule has 2 aromatic rings. The smallest absolute Gasteiger partial charge is 0.0833 e. The SMILES string of the molecule is Cn1c(CO)cc2sccc21. The molecule has 0 aliphatic heterocycles. The Morgan fingerprint density at radius 3 is 3.09 bits per heavy atom. The highest BCUT2D eigenvalue weighted by Crippen LogP contribution is 2.23. The van der Waals surface area contributed by atoms with Crippen molar-refractivity contribution in [3.8, 4) is 0 Å². The Morgan fingerprint density at radius 1 is 1.64 bits per heavy atom. The lowest BCUT2D eigenvalue weighted by atomic mass is 10.4. The maximum atomic E-state index is 8.92. The molecule has 2 aromatic heterocycles. The van der Waals surface area contributed by atoms with Crippen molar-refractivity contribution in [2.24, 2.45) is 7.05 Å². The van der Waals surface area contributed by atoms with Crippen LogP contribution in [0.5, 0.6) is 0 Å². The predicted molar refractivity (Wildman–Crippen MR) is 46.7 cm³/mol. The van der Waals surface area contributed by atoms with Crippen LogP contribution in [0.2, 0.25) is 0 Å². The summed E-state index contributed by atoms with van der Waals surface area (Å²) in [6.45, 7) is 0.123. The van der Waals surface area contributed by atoms with Crippen molar-refractivity contribution in [2.45, 2.75) is 6.61 Å². The molecule has 3 heteroatoms. The molecule has 0 bridgehead atoms. The van der Waals surface area contributed by atoms with Gasteiger partial charge in [-0.1, -0.05) is 0 Å². The molecule has 0 atom stereocenters. The summed E-state index contributed by atoms with van der Waals surface area (Å²) in [6.07, 6.45) is 0. The van der Waals surface area contributed by atoms with Crippen molar-refractivity contribution in [1.29, 1.82) is 0 Å². The number of aromatic nitrogens is 1. The monoisotopic (exact) mass is 167 g/mol. The van der Waals surface area contributed by atoms with E-state index in [1.165, 1.54) is 10.2 Å². The van der Waals surface area contributed by atoms with Crippen LogP contribution in [0.25, 0.3) is 10.2 Å². The van der Waals surface area contributed by atoms with E-state index in [9.17, 15) is 0 Å². The summed E-state index contributed by atoms with van der Waals surface area (Å²) in [5.74, 6) is 0. The zero-order valence-corrected chi connectivity index (χ0v) is 7.06. The number of nitrogens with zero attached hydrogens (tertiary/aromatic N) is 1. The molecule has 0 saturated heterocycles. The Morgan fingerprint density at radius 2 is 2.45 bits per heavy atom. The molecule has 0 aliphatic carbocycles. The highest BCUT2D eigenvalue weighted by atomic mass is 32.1. The van der Waals surface area contributed by atoms with Crippen LogP contribution in [0.1, 0.15) is 5.69 Å². The third-order valence-electron chi connectivity index (χ3n) is 1.93. The summed E-state index contributed by atoms with van der Waals surface area (Å²) < 4.78 is 3.27. The van der Waals surface area contributed by atoms with Gasteiger partial charge in [-0.15, -0.1) is 11.3 Å². The fourth-order valence-corrected chi connectivity index (χ4v) is 2.13. The molecular weight excluding hydrogens is 158 g/mol. The van der Waals surface area contributed by atoms with E-state index in [4.69, 9.17) is 5.11 Å². The number of aliphatic hydroxyl groups excluding tert-OH is 1. The molecular formula is C8H9NOS. The first kappa shape index (κ1) is 6.88. The van der Waals surface area contributed by atoms with Crippen LogP contribution < -0.4 is 0 Å². The van der Waals surface area contributed by atoms with Crippen LogP contribution in [0.3, 0.4) is 0 Å². The van der Waals surface area contributed by atoms with Crippen molar-refractivity contribution in [3.63, 3.8) is 0 Å². The first-order valence-electron chi connectivity index (χ1n) is 3.45. The second-order valence-corrected chi connectivity index (χ2v) is 3.47. The Hall–Kier alpha value is -0.800. The molecule has 0 amide bonds. The van der Waals surface area contributed by atoms with Crippen LogP contribution in [0.4, 0.5) is 0 Å². The number of hydrogen-bond acceptors (Lipinski definition) is 2. The average molecular weight is 167 g/mol. The molecule has 2 heterocycles. The highest BCUT2D eigenvalue weighted by Gasteiger charge is 2.03. The van der Waals surface area contributed by atoms with Gasteiger partial charge in [0.05, 0.1) is 16.8 Å². The van der Waals surface area contributed by atoms with Crippen molar-refractivity contribution in [2.75, 3.05) is 0 Å². The standard InChI is InChI=1S/C8H9NOS/c1-9-6(5-10)4-8-7(9)2-3-11-8/h2-4,10H,5H2,1H3. The summed E-state index contributed by atoms with van der Waals surface area (Å²) >= 11 is 1.71. The van der Waals surface area contributed by atoms with Gasteiger partial charge in [0.15, 0.2) is 0 Å². The van der Waals surface area contributed by atoms with E-state index in [2.05, 4.69) is 11.4 Å². The number of fused-ring (bicyclic) bond motifs is 1. The van der Waals surface area contributed by atoms with E-state index in [1.54, 1.807) is 11.3 Å². The minimum Gasteiger partial charge on any atom is -0.390 e. The van der Waals surface area contributed by atoms with Crippen molar-refractivity contribution in [1.82, 2.24) is 4.57 Å². The first-order valence-corrected chi connectivity index (χ1v) is 4.33. The Kier molecular flexibility index (Phi) is 1.47. The predicted octanol–water partition coefficient (Wildman–Crippen LogP) is 1.73. The van der Waals surface area contributed by atoms with E-state index >= 15 is 0 Å². The number of rotatable bonds is 1. The minimum atomic E-state index is 0.123. The third-order valence-corrected chi connectivity index (χ3v) is 2.78. The second-order valence-electron chi connectivity index (χ2n) is 2.52. The zero-order chi connectivity index (χ0) is 7.84. The summed E-state index contributed by atoms with van der Waals surface area (Å²) in [6, 6.07) is 4.10. The molecule has 0 fully saturated rings. The van der Waals surface area contributed by atoms with Gasteiger partial charge in [-0.05, 0) is 17.5 Å². The van der Waals surface area contributed by atoms with Crippen LogP contribution in [0.15, 0.2) is 17.5 Å². The molecule has 0 unspecified atom stereocenters. The summed E-state index contributed by atoms with van der Waals surface area (Å²) in [5.41, 5.74) is 2.19. The molecule has 1 N–H and O–H groups in total. The zero-order valence-electron chi connectivity index (χ0n) is 6.24. The van der Waals surface area contributed by atoms with Gasteiger partial charge in [-0.25, -0.2) is 0 Å². The topological polar surface area (TPSA) is 25.2 Å². The summed E-state index contributed by atoms with van der Waals surface area (Å²) in [5, 5.41) is 11.0. The molecule has 0 radical (unpaired) electrons. The van der Waals surface area contributed by atoms with Crippen molar-refractivity contribution < 1.29 is 5.11 Å². The Bertz CT molecular complexity index is 374. The largest absolute Gasteiger partial charge is 0.390 e. The Labute approximate surface area is 68.7 Å². The summed E-state index contributed by atoms with van der Waals surface area (Å²) in [4.78, 5) is 0. The second kappa shape index (κ2) is 2.36. The molecule has 0 aliphatic rings. The van der Waals surface area contributed by atoms with Crippen LogP contribution in [0, 0.1) is 0 Å². The van der Waals surface area contributed by atoms with E-state index in [1.807, 2.05) is 17.7 Å². The Balaban J connectivity index is 2.76. The average Bonchev–Trinajstić information content (AvgIpc) is 2.53. The third kappa shape index (κ3) is 0.886. The molecule has 0 saturated carbocycles. The highest BCUT2D eigenvalue weighted by molar-refractivity contribution is 7.17. The van der Waals surface area contributed by atoms with Crippen LogP contribution >= 0.6 is 11.3 Å².